The fraction of sp³-hybridized carbons (Fsp3) is 0.506. The molecule has 3 aliphatic heterocycles. The second-order valence-electron chi connectivity index (χ2n) is 33.0. The SMILES string of the molecule is CCCCC1C(=O)N(C)C(CCCC)C(=O)NC(C)C(=O)NC(C(=O)NCC(N)=O)CSCC(=O)NC(Cc2ccc(O)cc2)C(=O)N(C)C(C)C(=O)NC(CC(N)=O)C(=O)N2CCCC2C(=O)NC(Cc2cnc[nH]2)C(=O)NC(CCC(N)=O)C(=O)N2CC(O)CC2C(=O)NC(Cc2c[nH]c3ccccc23)C(=O)NC(CO)C(=O)NC(Cc2c[nH]c3ccccc23)C(=O)N1C. The van der Waals surface area contributed by atoms with Crippen molar-refractivity contribution in [3.8, 4) is 5.75 Å². The number of phenolic OH excluding ortho intramolecular Hbond substituents is 1. The monoisotopic (exact) mass is 1840 g/mol. The Hall–Kier alpha value is -13.5. The van der Waals surface area contributed by atoms with Crippen molar-refractivity contribution in [1.29, 1.82) is 0 Å². The number of phenols is 1. The second-order valence-corrected chi connectivity index (χ2v) is 34.1. The van der Waals surface area contributed by atoms with E-state index in [9.17, 15) is 68.1 Å². The minimum Gasteiger partial charge on any atom is -0.508 e. The van der Waals surface area contributed by atoms with Gasteiger partial charge in [0.15, 0.2) is 0 Å². The normalized spacial score (nSPS) is 25.1. The van der Waals surface area contributed by atoms with Crippen LogP contribution in [0.5, 0.6) is 5.75 Å². The van der Waals surface area contributed by atoms with Crippen molar-refractivity contribution in [2.75, 3.05) is 58.9 Å². The first-order chi connectivity index (χ1) is 62.4. The van der Waals surface area contributed by atoms with Crippen molar-refractivity contribution < 1.29 is 102 Å². The Morgan fingerprint density at radius 3 is 1.66 bits per heavy atom. The molecule has 3 aliphatic rings. The lowest BCUT2D eigenvalue weighted by atomic mass is 10.00. The van der Waals surface area contributed by atoms with Crippen LogP contribution in [-0.4, -0.2) is 316 Å². The predicted molar refractivity (Wildman–Crippen MR) is 475 cm³/mol. The Morgan fingerprint density at radius 2 is 1.07 bits per heavy atom. The van der Waals surface area contributed by atoms with E-state index < -0.39 is 254 Å². The highest BCUT2D eigenvalue weighted by atomic mass is 32.2. The van der Waals surface area contributed by atoms with Gasteiger partial charge in [-0.1, -0.05) is 88.1 Å². The van der Waals surface area contributed by atoms with E-state index >= 15 is 33.6 Å². The third kappa shape index (κ3) is 27.5. The Balaban J connectivity index is 1.08. The molecule has 15 atom stereocenters. The number of nitrogens with two attached hydrogens (primary N) is 3. The number of aromatic hydroxyl groups is 1. The van der Waals surface area contributed by atoms with Gasteiger partial charge in [0.05, 0.1) is 37.8 Å². The molecule has 22 N–H and O–H groups in total. The fourth-order valence-electron chi connectivity index (χ4n) is 16.0. The summed E-state index contributed by atoms with van der Waals surface area (Å²) in [5.74, 6) is -18.6. The van der Waals surface area contributed by atoms with Crippen LogP contribution in [0, 0.1) is 0 Å². The molecule has 15 unspecified atom stereocenters. The summed E-state index contributed by atoms with van der Waals surface area (Å²) in [7, 11) is 3.88. The van der Waals surface area contributed by atoms with E-state index in [4.69, 9.17) is 17.2 Å². The first-order valence-corrected chi connectivity index (χ1v) is 44.5. The number of aliphatic hydroxyl groups excluding tert-OH is 2. The number of likely N-dealkylation sites (N-methyl/N-ethyl adjacent to an activating group) is 3. The molecule has 0 aliphatic carbocycles. The molecule has 44 heteroatoms. The molecular formula is C87H118N22O21S. The summed E-state index contributed by atoms with van der Waals surface area (Å²) in [6.07, 6.45) is 2.44. The van der Waals surface area contributed by atoms with Crippen LogP contribution >= 0.6 is 11.8 Å². The molecule has 131 heavy (non-hydrogen) atoms. The molecular weight excluding hydrogens is 1720 g/mol. The maximum Gasteiger partial charge on any atom is 0.246 e. The highest BCUT2D eigenvalue weighted by Gasteiger charge is 2.47. The first kappa shape index (κ1) is 101. The van der Waals surface area contributed by atoms with Gasteiger partial charge in [0.25, 0.3) is 0 Å². The number of primary amides is 3. The number of amides is 18. The number of thioether (sulfide) groups is 1. The number of carbonyl (C=O) groups is 18. The standard InChI is InChI=1S/C87H118N22O21S/c1-8-10-21-66-80(123)96-46(3)74(117)104-65(76(119)94-40-72(90)115)43-131-44-73(116)97-61(31-48-24-26-52(111)27-25-48)83(126)105(5)47(4)75(118)101-63(36-71(89)114)86(129)108-30-16-23-67(108)81(124)100-60(34-51-39-91-45-95-51)78(121)98-58(28-29-70(88)113)85(128)109-41-53(112)35-69(109)82(125)99-59(32-49-37-92-56-19-14-12-17-54(49)56)77(120)103-64(42-110)79(122)102-62(33-50-38-93-57-20-15-13-18-55(50)57)84(127)107(7)68(22-11-9-2)87(130)106(66)6/h12-15,17-20,24-27,37-39,45-47,53,58-69,92-93,110-112H,8-11,16,21-23,28-36,40-44H2,1-7H3,(H2,88,113)(H2,89,114)(H2,90,115)(H,91,95)(H,94,119)(H,96,123)(H,97,116)(H,98,121)(H,99,125)(H,100,124)(H,101,118)(H,102,122)(H,103,120)(H,104,117). The number of aromatic amines is 3. The maximum absolute atomic E-state index is 15.6. The first-order valence-electron chi connectivity index (χ1n) is 43.4. The number of imidazole rings is 1. The van der Waals surface area contributed by atoms with E-state index in [1.807, 2.05) is 13.8 Å². The largest absolute Gasteiger partial charge is 0.508 e. The molecule has 9 rings (SSSR count). The molecule has 3 aromatic heterocycles. The zero-order chi connectivity index (χ0) is 95.6. The number of unbranched alkanes of at least 4 members (excludes halogenated alkanes) is 2. The summed E-state index contributed by atoms with van der Waals surface area (Å²) in [4.78, 5) is 279. The van der Waals surface area contributed by atoms with Crippen LogP contribution < -0.4 is 70.4 Å². The van der Waals surface area contributed by atoms with Crippen LogP contribution in [0.4, 0.5) is 0 Å². The summed E-state index contributed by atoms with van der Waals surface area (Å²) < 4.78 is 0. The molecule has 3 fully saturated rings. The Labute approximate surface area is 758 Å². The van der Waals surface area contributed by atoms with Crippen LogP contribution in [0.25, 0.3) is 21.8 Å². The van der Waals surface area contributed by atoms with E-state index in [-0.39, 0.29) is 69.4 Å². The number of fused-ring (bicyclic) bond motifs is 4. The van der Waals surface area contributed by atoms with Gasteiger partial charge in [-0.15, -0.1) is 11.8 Å². The van der Waals surface area contributed by atoms with Crippen molar-refractivity contribution in [1.82, 2.24) is 97.6 Å². The van der Waals surface area contributed by atoms with E-state index in [0.717, 1.165) is 36.3 Å². The average molecular weight is 1840 g/mol. The summed E-state index contributed by atoms with van der Waals surface area (Å²) >= 11 is 0.771. The number of para-hydroxylation sites is 2. The lowest BCUT2D eigenvalue weighted by molar-refractivity contribution is -0.149. The highest BCUT2D eigenvalue weighted by molar-refractivity contribution is 8.00. The van der Waals surface area contributed by atoms with Gasteiger partial charge in [-0.25, -0.2) is 4.98 Å². The molecule has 708 valence electrons. The van der Waals surface area contributed by atoms with Crippen LogP contribution in [0.1, 0.15) is 127 Å². The quantitative estimate of drug-likeness (QED) is 0.0291. The minimum absolute atomic E-state index is 0.00270. The lowest BCUT2D eigenvalue weighted by Gasteiger charge is -2.36. The summed E-state index contributed by atoms with van der Waals surface area (Å²) in [6, 6.07) is -2.81. The minimum atomic E-state index is -1.91. The van der Waals surface area contributed by atoms with Gasteiger partial charge >= 0.3 is 0 Å². The highest BCUT2D eigenvalue weighted by Crippen LogP contribution is 2.28. The zero-order valence-electron chi connectivity index (χ0n) is 74.0. The average Bonchev–Trinajstić information content (AvgIpc) is 1.62. The molecule has 6 aromatic rings. The van der Waals surface area contributed by atoms with Crippen molar-refractivity contribution in [2.45, 2.75) is 221 Å². The topological polar surface area (TPSA) is 643 Å². The molecule has 43 nitrogen and oxygen atoms in total. The summed E-state index contributed by atoms with van der Waals surface area (Å²) in [5.41, 5.74) is 19.6. The number of hydrogen-bond acceptors (Lipinski definition) is 23. The Kier molecular flexibility index (Phi) is 36.9. The van der Waals surface area contributed by atoms with Gasteiger partial charge in [-0.2, -0.15) is 0 Å². The van der Waals surface area contributed by atoms with Gasteiger partial charge in [0.2, 0.25) is 106 Å². The number of aliphatic hydroxyl groups is 2. The van der Waals surface area contributed by atoms with Gasteiger partial charge < -0.3 is 125 Å². The number of nitrogens with one attached hydrogen (secondary N) is 13. The molecule has 0 saturated carbocycles. The van der Waals surface area contributed by atoms with Crippen LogP contribution in [-0.2, 0) is 112 Å². The Morgan fingerprint density at radius 1 is 0.527 bits per heavy atom. The molecule has 3 aromatic carbocycles. The van der Waals surface area contributed by atoms with Gasteiger partial charge in [-0.3, -0.25) is 86.3 Å². The number of carbonyl (C=O) groups excluding carboxylic acids is 18. The maximum atomic E-state index is 15.6. The Bertz CT molecular complexity index is 5130. The van der Waals surface area contributed by atoms with Crippen LogP contribution in [0.2, 0.25) is 0 Å². The molecule has 0 radical (unpaired) electrons. The fourth-order valence-corrected chi connectivity index (χ4v) is 16.8. The number of nitrogens with zero attached hydrogens (tertiary/aromatic N) is 6. The molecule has 0 bridgehead atoms. The number of hydrogen-bond donors (Lipinski definition) is 19. The molecule has 6 heterocycles. The van der Waals surface area contributed by atoms with Crippen molar-refractivity contribution >= 4 is 140 Å². The van der Waals surface area contributed by atoms with Gasteiger partial charge in [0, 0.05) is 125 Å². The summed E-state index contributed by atoms with van der Waals surface area (Å²) in [5, 5.41) is 59.8. The van der Waals surface area contributed by atoms with Crippen molar-refractivity contribution in [2.24, 2.45) is 17.2 Å². The number of benzene rings is 3. The number of rotatable bonds is 23. The third-order valence-corrected chi connectivity index (χ3v) is 24.5. The molecule has 0 spiro atoms. The van der Waals surface area contributed by atoms with E-state index in [1.165, 1.54) is 71.8 Å². The van der Waals surface area contributed by atoms with Gasteiger partial charge in [-0.05, 0) is 86.9 Å². The zero-order valence-corrected chi connectivity index (χ0v) is 74.8. The van der Waals surface area contributed by atoms with Gasteiger partial charge in [0.1, 0.15) is 90.3 Å². The lowest BCUT2D eigenvalue weighted by Crippen LogP contribution is -2.61. The van der Waals surface area contributed by atoms with Crippen molar-refractivity contribution in [3.05, 3.63) is 120 Å². The number of H-pyrrole nitrogens is 3. The van der Waals surface area contributed by atoms with E-state index in [1.54, 1.807) is 60.9 Å². The van der Waals surface area contributed by atoms with Crippen molar-refractivity contribution in [3.63, 3.8) is 0 Å². The summed E-state index contributed by atoms with van der Waals surface area (Å²) in [6.45, 7) is 3.67. The van der Waals surface area contributed by atoms with E-state index in [2.05, 4.69) is 73.1 Å². The predicted octanol–water partition coefficient (Wildman–Crippen LogP) is -3.95. The molecule has 3 saturated heterocycles. The number of aromatic nitrogens is 4. The molecule has 18 amide bonds. The van der Waals surface area contributed by atoms with Crippen LogP contribution in [0.15, 0.2) is 97.7 Å². The third-order valence-electron chi connectivity index (χ3n) is 23.4. The van der Waals surface area contributed by atoms with E-state index in [0.29, 0.717) is 64.2 Å². The smallest absolute Gasteiger partial charge is 0.246 e. The van der Waals surface area contributed by atoms with Crippen LogP contribution in [0.3, 0.4) is 0 Å². The second kappa shape index (κ2) is 47.7.